The number of benzene rings is 4. The highest BCUT2D eigenvalue weighted by Crippen LogP contribution is 2.27. The number of rotatable bonds is 12. The Morgan fingerprint density at radius 1 is 0.481 bits per heavy atom. The van der Waals surface area contributed by atoms with E-state index in [0.29, 0.717) is 35.8 Å². The predicted octanol–water partition coefficient (Wildman–Crippen LogP) is 6.79. The Kier molecular flexibility index (Phi) is 11.5. The first kappa shape index (κ1) is 36.2. The minimum absolute atomic E-state index is 0.0231. The van der Waals surface area contributed by atoms with E-state index in [1.165, 1.54) is 12.1 Å². The predicted molar refractivity (Wildman–Crippen MR) is 210 cm³/mol. The van der Waals surface area contributed by atoms with Crippen LogP contribution in [0.25, 0.3) is 0 Å². The van der Waals surface area contributed by atoms with E-state index in [0.717, 1.165) is 49.9 Å². The van der Waals surface area contributed by atoms with Crippen LogP contribution in [0.5, 0.6) is 0 Å². The Bertz CT molecular complexity index is 1960. The van der Waals surface area contributed by atoms with Crippen LogP contribution in [0, 0.1) is 0 Å². The number of anilines is 4. The second-order valence-corrected chi connectivity index (χ2v) is 13.6. The van der Waals surface area contributed by atoms with Crippen LogP contribution in [0.15, 0.2) is 127 Å². The van der Waals surface area contributed by atoms with Gasteiger partial charge in [-0.2, -0.15) is 0 Å². The fourth-order valence-electron chi connectivity index (χ4n) is 7.16. The first-order valence-electron chi connectivity index (χ1n) is 18.4. The SMILES string of the molecule is O=C(Nc1ccccc1NC(=O)[C@@H]1CCCN1Cc1ccccc1)c1cccc(C(=O)Nc2ccccc2NC(=O)[C@@H]2CCCN2Cc2ccccc2)n1. The molecule has 7 rings (SSSR count). The van der Waals surface area contributed by atoms with E-state index in [9.17, 15) is 19.2 Å². The van der Waals surface area contributed by atoms with Crippen molar-refractivity contribution in [2.45, 2.75) is 50.9 Å². The summed E-state index contributed by atoms with van der Waals surface area (Å²) in [4.78, 5) is 62.6. The molecule has 11 nitrogen and oxygen atoms in total. The van der Waals surface area contributed by atoms with Crippen LogP contribution in [-0.4, -0.2) is 63.6 Å². The number of carbonyl (C=O) groups excluding carboxylic acids is 4. The Labute approximate surface area is 314 Å². The molecule has 2 aliphatic rings. The molecule has 0 bridgehead atoms. The van der Waals surface area contributed by atoms with E-state index >= 15 is 0 Å². The molecule has 54 heavy (non-hydrogen) atoms. The summed E-state index contributed by atoms with van der Waals surface area (Å²) in [6.45, 7) is 3.02. The van der Waals surface area contributed by atoms with E-state index in [1.807, 2.05) is 36.4 Å². The van der Waals surface area contributed by atoms with Crippen molar-refractivity contribution < 1.29 is 19.2 Å². The lowest BCUT2D eigenvalue weighted by Crippen LogP contribution is -2.39. The number of likely N-dealkylation sites (tertiary alicyclic amines) is 2. The summed E-state index contributed by atoms with van der Waals surface area (Å²) in [5.41, 5.74) is 4.10. The molecule has 0 radical (unpaired) electrons. The monoisotopic (exact) mass is 721 g/mol. The summed E-state index contributed by atoms with van der Waals surface area (Å²) in [6, 6.07) is 38.2. The molecule has 11 heteroatoms. The third-order valence-electron chi connectivity index (χ3n) is 9.87. The highest BCUT2D eigenvalue weighted by Gasteiger charge is 2.32. The molecule has 274 valence electrons. The number of aromatic nitrogens is 1. The fraction of sp³-hybridized carbons (Fsp3) is 0.233. The number of hydrogen-bond acceptors (Lipinski definition) is 7. The molecule has 0 unspecified atom stereocenters. The van der Waals surface area contributed by atoms with E-state index in [-0.39, 0.29) is 35.3 Å². The molecule has 3 heterocycles. The standard InChI is InChI=1S/C43H43N7O4/c51-40(45-32-18-7-9-20-34(32)47-42(53)38-24-12-26-49(38)28-30-14-3-1-4-15-30)36-22-11-23-37(44-36)41(52)46-33-19-8-10-21-35(33)48-43(54)39-25-13-27-50(39)29-31-16-5-2-6-17-31/h1-11,14-23,38-39H,12-13,24-29H2,(H,45,51)(H,46,52)(H,47,53)(H,48,54)/t38-,39-/m0/s1. The maximum atomic E-state index is 13.5. The number of carbonyl (C=O) groups is 4. The molecule has 2 atom stereocenters. The van der Waals surface area contributed by atoms with E-state index in [1.54, 1.807) is 54.6 Å². The van der Waals surface area contributed by atoms with Crippen molar-refractivity contribution in [3.63, 3.8) is 0 Å². The Morgan fingerprint density at radius 2 is 0.852 bits per heavy atom. The number of amides is 4. The van der Waals surface area contributed by atoms with Gasteiger partial charge in [0, 0.05) is 13.1 Å². The third-order valence-corrected chi connectivity index (χ3v) is 9.87. The van der Waals surface area contributed by atoms with Crippen molar-refractivity contribution >= 4 is 46.4 Å². The Hall–Kier alpha value is -6.17. The summed E-state index contributed by atoms with van der Waals surface area (Å²) in [6.07, 6.45) is 3.34. The van der Waals surface area contributed by atoms with E-state index in [2.05, 4.69) is 60.3 Å². The van der Waals surface area contributed by atoms with Gasteiger partial charge in [0.1, 0.15) is 11.4 Å². The molecular weight excluding hydrogens is 679 g/mol. The van der Waals surface area contributed by atoms with E-state index in [4.69, 9.17) is 0 Å². The normalized spacial score (nSPS) is 17.1. The van der Waals surface area contributed by atoms with Crippen LogP contribution in [0.4, 0.5) is 22.7 Å². The molecule has 4 aromatic carbocycles. The van der Waals surface area contributed by atoms with Gasteiger partial charge in [-0.25, -0.2) is 4.98 Å². The van der Waals surface area contributed by atoms with E-state index < -0.39 is 11.8 Å². The van der Waals surface area contributed by atoms with Gasteiger partial charge in [0.25, 0.3) is 11.8 Å². The van der Waals surface area contributed by atoms with Gasteiger partial charge >= 0.3 is 0 Å². The molecule has 4 amide bonds. The summed E-state index contributed by atoms with van der Waals surface area (Å²) in [5, 5.41) is 11.7. The molecule has 5 aromatic rings. The minimum atomic E-state index is -0.540. The van der Waals surface area contributed by atoms with Crippen molar-refractivity contribution in [3.05, 3.63) is 150 Å². The van der Waals surface area contributed by atoms with Gasteiger partial charge in [0.15, 0.2) is 0 Å². The lowest BCUT2D eigenvalue weighted by Gasteiger charge is -2.24. The average molecular weight is 722 g/mol. The second kappa shape index (κ2) is 17.1. The van der Waals surface area contributed by atoms with Crippen molar-refractivity contribution in [1.29, 1.82) is 0 Å². The van der Waals surface area contributed by atoms with Crippen molar-refractivity contribution in [2.75, 3.05) is 34.4 Å². The van der Waals surface area contributed by atoms with Crippen LogP contribution in [0.1, 0.15) is 57.8 Å². The Balaban J connectivity index is 0.981. The minimum Gasteiger partial charge on any atom is -0.323 e. The molecule has 1 aromatic heterocycles. The molecule has 2 saturated heterocycles. The Morgan fingerprint density at radius 3 is 1.26 bits per heavy atom. The number of para-hydroxylation sites is 4. The van der Waals surface area contributed by atoms with Gasteiger partial charge < -0.3 is 21.3 Å². The molecule has 2 fully saturated rings. The topological polar surface area (TPSA) is 136 Å². The number of nitrogens with one attached hydrogen (secondary N) is 4. The van der Waals surface area contributed by atoms with Crippen molar-refractivity contribution in [1.82, 2.24) is 14.8 Å². The smallest absolute Gasteiger partial charge is 0.274 e. The van der Waals surface area contributed by atoms with Crippen LogP contribution in [0.2, 0.25) is 0 Å². The zero-order chi connectivity index (χ0) is 37.3. The molecule has 0 aliphatic carbocycles. The van der Waals surface area contributed by atoms with Crippen LogP contribution in [-0.2, 0) is 22.7 Å². The van der Waals surface area contributed by atoms with Gasteiger partial charge in [-0.05, 0) is 86.3 Å². The van der Waals surface area contributed by atoms with Gasteiger partial charge in [-0.15, -0.1) is 0 Å². The zero-order valence-corrected chi connectivity index (χ0v) is 29.9. The van der Waals surface area contributed by atoms with Crippen LogP contribution < -0.4 is 21.3 Å². The quantitative estimate of drug-likeness (QED) is 0.111. The van der Waals surface area contributed by atoms with Gasteiger partial charge in [0.2, 0.25) is 11.8 Å². The molecule has 2 aliphatic heterocycles. The van der Waals surface area contributed by atoms with Gasteiger partial charge in [0.05, 0.1) is 34.8 Å². The molecule has 4 N–H and O–H groups in total. The van der Waals surface area contributed by atoms with Crippen LogP contribution >= 0.6 is 0 Å². The van der Waals surface area contributed by atoms with Crippen LogP contribution in [0.3, 0.4) is 0 Å². The average Bonchev–Trinajstić information content (AvgIpc) is 3.87. The highest BCUT2D eigenvalue weighted by molar-refractivity contribution is 6.09. The molecule has 0 spiro atoms. The van der Waals surface area contributed by atoms with Crippen molar-refractivity contribution in [2.24, 2.45) is 0 Å². The number of hydrogen-bond donors (Lipinski definition) is 4. The fourth-order valence-corrected chi connectivity index (χ4v) is 7.16. The first-order chi connectivity index (χ1) is 26.4. The summed E-state index contributed by atoms with van der Waals surface area (Å²) in [7, 11) is 0. The highest BCUT2D eigenvalue weighted by atomic mass is 16.2. The second-order valence-electron chi connectivity index (χ2n) is 13.6. The first-order valence-corrected chi connectivity index (χ1v) is 18.4. The van der Waals surface area contributed by atoms with Gasteiger partial charge in [-0.1, -0.05) is 91.0 Å². The van der Waals surface area contributed by atoms with Gasteiger partial charge in [-0.3, -0.25) is 29.0 Å². The molecule has 0 saturated carbocycles. The van der Waals surface area contributed by atoms with Crippen molar-refractivity contribution in [3.8, 4) is 0 Å². The molecular formula is C43H43N7O4. The number of pyridine rings is 1. The lowest BCUT2D eigenvalue weighted by molar-refractivity contribution is -0.121. The third kappa shape index (κ3) is 8.88. The summed E-state index contributed by atoms with van der Waals surface area (Å²) in [5.74, 6) is -1.35. The zero-order valence-electron chi connectivity index (χ0n) is 29.9. The number of nitrogens with zero attached hydrogens (tertiary/aromatic N) is 3. The maximum Gasteiger partial charge on any atom is 0.274 e. The lowest BCUT2D eigenvalue weighted by atomic mass is 10.1. The maximum absolute atomic E-state index is 13.5. The summed E-state index contributed by atoms with van der Waals surface area (Å²) >= 11 is 0. The largest absolute Gasteiger partial charge is 0.323 e. The summed E-state index contributed by atoms with van der Waals surface area (Å²) < 4.78 is 0.